The fourth-order valence-corrected chi connectivity index (χ4v) is 3.75. The molecule has 0 spiro atoms. The number of imide groups is 1. The predicted molar refractivity (Wildman–Crippen MR) is 94.0 cm³/mol. The topological polar surface area (TPSA) is 62.3 Å². The summed E-state index contributed by atoms with van der Waals surface area (Å²) in [6.07, 6.45) is 15.0. The first-order chi connectivity index (χ1) is 11.8. The average molecular weight is 329 g/mol. The number of amides is 3. The number of rotatable bonds is 2. The Kier molecular flexibility index (Phi) is 5.83. The minimum absolute atomic E-state index is 0.0604. The van der Waals surface area contributed by atoms with Crippen molar-refractivity contribution in [2.45, 2.75) is 70.1 Å². The van der Waals surface area contributed by atoms with Gasteiger partial charge < -0.3 is 5.32 Å². The smallest absolute Gasteiger partial charge is 0.328 e. The van der Waals surface area contributed by atoms with Crippen molar-refractivity contribution in [2.24, 2.45) is 0 Å². The number of anilines is 1. The second-order valence-corrected chi connectivity index (χ2v) is 6.94. The van der Waals surface area contributed by atoms with E-state index in [2.05, 4.69) is 10.3 Å². The third kappa shape index (κ3) is 4.13. The van der Waals surface area contributed by atoms with Gasteiger partial charge in [-0.1, -0.05) is 57.4 Å². The van der Waals surface area contributed by atoms with Crippen LogP contribution in [0.2, 0.25) is 0 Å². The van der Waals surface area contributed by atoms with Crippen molar-refractivity contribution >= 4 is 17.8 Å². The highest BCUT2D eigenvalue weighted by molar-refractivity contribution is 6.19. The molecule has 0 bridgehead atoms. The first-order valence-corrected chi connectivity index (χ1v) is 9.32. The van der Waals surface area contributed by atoms with E-state index >= 15 is 0 Å². The Bertz CT molecular complexity index is 542. The van der Waals surface area contributed by atoms with Gasteiger partial charge >= 0.3 is 6.03 Å². The fraction of sp³-hybridized carbons (Fsp3) is 0.632. The van der Waals surface area contributed by atoms with Crippen LogP contribution in [-0.4, -0.2) is 23.5 Å². The molecule has 3 rings (SSSR count). The van der Waals surface area contributed by atoms with Crippen molar-refractivity contribution in [1.82, 2.24) is 10.3 Å². The van der Waals surface area contributed by atoms with Crippen LogP contribution in [0.3, 0.4) is 0 Å². The molecule has 2 fully saturated rings. The Labute approximate surface area is 143 Å². The molecule has 5 heteroatoms. The van der Waals surface area contributed by atoms with E-state index in [9.17, 15) is 9.59 Å². The van der Waals surface area contributed by atoms with E-state index in [4.69, 9.17) is 0 Å². The summed E-state index contributed by atoms with van der Waals surface area (Å²) < 4.78 is 0. The molecule has 1 saturated heterocycles. The van der Waals surface area contributed by atoms with E-state index in [0.29, 0.717) is 11.7 Å². The molecule has 2 heterocycles. The summed E-state index contributed by atoms with van der Waals surface area (Å²) in [6.45, 7) is 0.0604. The molecule has 130 valence electrons. The van der Waals surface area contributed by atoms with Crippen molar-refractivity contribution < 1.29 is 9.59 Å². The van der Waals surface area contributed by atoms with E-state index in [0.717, 1.165) is 4.90 Å². The van der Waals surface area contributed by atoms with Crippen molar-refractivity contribution in [3.8, 4) is 0 Å². The Morgan fingerprint density at radius 1 is 0.917 bits per heavy atom. The van der Waals surface area contributed by atoms with Crippen LogP contribution in [0.15, 0.2) is 18.3 Å². The molecule has 1 saturated carbocycles. The molecule has 1 aliphatic heterocycles. The van der Waals surface area contributed by atoms with Crippen LogP contribution < -0.4 is 10.2 Å². The van der Waals surface area contributed by atoms with Crippen molar-refractivity contribution in [1.29, 1.82) is 0 Å². The first kappa shape index (κ1) is 16.9. The molecule has 0 atom stereocenters. The SMILES string of the molecule is O=C1CNC(=O)N1c1ccc(C2CCCCCCCCCC2)cn1. The van der Waals surface area contributed by atoms with Gasteiger partial charge in [-0.3, -0.25) is 4.79 Å². The molecule has 1 aliphatic carbocycles. The number of carbonyl (C=O) groups is 2. The van der Waals surface area contributed by atoms with E-state index in [1.807, 2.05) is 18.3 Å². The quantitative estimate of drug-likeness (QED) is 0.830. The van der Waals surface area contributed by atoms with Gasteiger partial charge in [0.15, 0.2) is 0 Å². The van der Waals surface area contributed by atoms with Crippen LogP contribution in [-0.2, 0) is 4.79 Å². The van der Waals surface area contributed by atoms with Gasteiger partial charge in [0.2, 0.25) is 0 Å². The third-order valence-corrected chi connectivity index (χ3v) is 5.17. The Hall–Kier alpha value is -1.91. The van der Waals surface area contributed by atoms with Gasteiger partial charge in [-0.2, -0.15) is 0 Å². The number of nitrogens with one attached hydrogen (secondary N) is 1. The number of hydrogen-bond acceptors (Lipinski definition) is 3. The van der Waals surface area contributed by atoms with Gasteiger partial charge in [-0.15, -0.1) is 0 Å². The fourth-order valence-electron chi connectivity index (χ4n) is 3.75. The molecule has 0 unspecified atom stereocenters. The molecule has 3 amide bonds. The molecular formula is C19H27N3O2. The summed E-state index contributed by atoms with van der Waals surface area (Å²) in [5, 5.41) is 2.53. The van der Waals surface area contributed by atoms with Gasteiger partial charge in [0.25, 0.3) is 5.91 Å². The van der Waals surface area contributed by atoms with Crippen LogP contribution in [0.25, 0.3) is 0 Å². The standard InChI is InChI=1S/C19H27N3O2/c23-18-14-21-19(24)22(18)17-12-11-16(13-20-17)15-9-7-5-3-1-2-4-6-8-10-15/h11-13,15H,1-10,14H2,(H,21,24). The third-order valence-electron chi connectivity index (χ3n) is 5.17. The zero-order chi connectivity index (χ0) is 16.8. The summed E-state index contributed by atoms with van der Waals surface area (Å²) in [4.78, 5) is 29.0. The number of pyridine rings is 1. The van der Waals surface area contributed by atoms with Crippen LogP contribution in [0.5, 0.6) is 0 Å². The minimum Gasteiger partial charge on any atom is -0.328 e. The van der Waals surface area contributed by atoms with Gasteiger partial charge in [-0.05, 0) is 30.4 Å². The summed E-state index contributed by atoms with van der Waals surface area (Å²) in [5.41, 5.74) is 1.24. The maximum atomic E-state index is 11.8. The van der Waals surface area contributed by atoms with E-state index in [1.165, 1.54) is 69.8 Å². The number of hydrogen-bond donors (Lipinski definition) is 1. The van der Waals surface area contributed by atoms with Crippen LogP contribution in [0.4, 0.5) is 10.6 Å². The molecule has 5 nitrogen and oxygen atoms in total. The molecule has 2 aliphatic rings. The highest BCUT2D eigenvalue weighted by Gasteiger charge is 2.31. The number of carbonyl (C=O) groups excluding carboxylic acids is 2. The molecule has 0 aromatic carbocycles. The molecule has 1 aromatic heterocycles. The first-order valence-electron chi connectivity index (χ1n) is 9.32. The van der Waals surface area contributed by atoms with E-state index in [-0.39, 0.29) is 18.5 Å². The second kappa shape index (κ2) is 8.27. The summed E-state index contributed by atoms with van der Waals surface area (Å²) in [6, 6.07) is 3.48. The Morgan fingerprint density at radius 2 is 1.54 bits per heavy atom. The van der Waals surface area contributed by atoms with Gasteiger partial charge in [-0.25, -0.2) is 14.7 Å². The number of aromatic nitrogens is 1. The van der Waals surface area contributed by atoms with Crippen LogP contribution in [0.1, 0.15) is 75.7 Å². The summed E-state index contributed by atoms with van der Waals surface area (Å²) in [7, 11) is 0. The van der Waals surface area contributed by atoms with Gasteiger partial charge in [0.05, 0.1) is 6.54 Å². The lowest BCUT2D eigenvalue weighted by Crippen LogP contribution is -2.31. The highest BCUT2D eigenvalue weighted by atomic mass is 16.2. The van der Waals surface area contributed by atoms with Crippen molar-refractivity contribution in [3.63, 3.8) is 0 Å². The minimum atomic E-state index is -0.379. The lowest BCUT2D eigenvalue weighted by Gasteiger charge is -2.18. The largest absolute Gasteiger partial charge is 0.330 e. The van der Waals surface area contributed by atoms with Crippen LogP contribution >= 0.6 is 0 Å². The zero-order valence-corrected chi connectivity index (χ0v) is 14.3. The normalized spacial score (nSPS) is 21.4. The molecule has 1 aromatic rings. The Balaban J connectivity index is 1.68. The molecular weight excluding hydrogens is 302 g/mol. The maximum absolute atomic E-state index is 11.8. The average Bonchev–Trinajstić information content (AvgIpc) is 2.90. The van der Waals surface area contributed by atoms with Crippen LogP contribution in [0, 0.1) is 0 Å². The van der Waals surface area contributed by atoms with E-state index in [1.54, 1.807) is 0 Å². The Morgan fingerprint density at radius 3 is 2.04 bits per heavy atom. The second-order valence-electron chi connectivity index (χ2n) is 6.94. The monoisotopic (exact) mass is 329 g/mol. The predicted octanol–water partition coefficient (Wildman–Crippen LogP) is 4.14. The number of nitrogens with zero attached hydrogens (tertiary/aromatic N) is 2. The maximum Gasteiger partial charge on any atom is 0.330 e. The van der Waals surface area contributed by atoms with Crippen molar-refractivity contribution in [2.75, 3.05) is 11.4 Å². The highest BCUT2D eigenvalue weighted by Crippen LogP contribution is 2.30. The van der Waals surface area contributed by atoms with Crippen molar-refractivity contribution in [3.05, 3.63) is 23.9 Å². The van der Waals surface area contributed by atoms with Gasteiger partial charge in [0.1, 0.15) is 5.82 Å². The lowest BCUT2D eigenvalue weighted by atomic mass is 9.89. The molecule has 24 heavy (non-hydrogen) atoms. The zero-order valence-electron chi connectivity index (χ0n) is 14.3. The molecule has 0 radical (unpaired) electrons. The summed E-state index contributed by atoms with van der Waals surface area (Å²) in [5.74, 6) is 0.735. The summed E-state index contributed by atoms with van der Waals surface area (Å²) >= 11 is 0. The lowest BCUT2D eigenvalue weighted by molar-refractivity contribution is -0.115. The van der Waals surface area contributed by atoms with Gasteiger partial charge in [0, 0.05) is 6.20 Å². The molecule has 1 N–H and O–H groups in total. The van der Waals surface area contributed by atoms with E-state index < -0.39 is 0 Å². The number of urea groups is 1.